The van der Waals surface area contributed by atoms with Gasteiger partial charge in [0.05, 0.1) is 19.3 Å². The van der Waals surface area contributed by atoms with Gasteiger partial charge in [-0.3, -0.25) is 0 Å². The molecule has 0 aromatic heterocycles. The van der Waals surface area contributed by atoms with Gasteiger partial charge in [0, 0.05) is 25.7 Å². The predicted molar refractivity (Wildman–Crippen MR) is 78.5 cm³/mol. The SMILES string of the molecule is CCOCC(COCC)C(OCC)C1CCCCC1. The largest absolute Gasteiger partial charge is 0.381 e. The van der Waals surface area contributed by atoms with E-state index in [1.165, 1.54) is 32.1 Å². The van der Waals surface area contributed by atoms with Gasteiger partial charge in [0.2, 0.25) is 0 Å². The Morgan fingerprint density at radius 2 is 1.42 bits per heavy atom. The van der Waals surface area contributed by atoms with E-state index in [4.69, 9.17) is 14.2 Å². The molecule has 3 nitrogen and oxygen atoms in total. The Balaban J connectivity index is 2.59. The van der Waals surface area contributed by atoms with Crippen molar-refractivity contribution < 1.29 is 14.2 Å². The van der Waals surface area contributed by atoms with Gasteiger partial charge in [-0.25, -0.2) is 0 Å². The molecule has 0 N–H and O–H groups in total. The normalized spacial score (nSPS) is 18.9. The molecule has 114 valence electrons. The van der Waals surface area contributed by atoms with Gasteiger partial charge < -0.3 is 14.2 Å². The summed E-state index contributed by atoms with van der Waals surface area (Å²) < 4.78 is 17.4. The zero-order valence-corrected chi connectivity index (χ0v) is 13.0. The second-order valence-electron chi connectivity index (χ2n) is 5.40. The summed E-state index contributed by atoms with van der Waals surface area (Å²) in [7, 11) is 0. The first kappa shape index (κ1) is 16.9. The third-order valence-electron chi connectivity index (χ3n) is 4.01. The Hall–Kier alpha value is -0.120. The Morgan fingerprint density at radius 3 is 1.89 bits per heavy atom. The van der Waals surface area contributed by atoms with Crippen LogP contribution >= 0.6 is 0 Å². The van der Waals surface area contributed by atoms with Crippen molar-refractivity contribution in [2.24, 2.45) is 11.8 Å². The summed E-state index contributed by atoms with van der Waals surface area (Å²) in [4.78, 5) is 0. The maximum absolute atomic E-state index is 6.08. The predicted octanol–water partition coefficient (Wildman–Crippen LogP) is 3.66. The zero-order chi connectivity index (χ0) is 13.9. The average molecular weight is 272 g/mol. The standard InChI is InChI=1S/C16H32O3/c1-4-17-12-15(13-18-5-2)16(19-6-3)14-10-8-7-9-11-14/h14-16H,4-13H2,1-3H3. The van der Waals surface area contributed by atoms with E-state index in [0.717, 1.165) is 33.0 Å². The zero-order valence-electron chi connectivity index (χ0n) is 13.0. The summed E-state index contributed by atoms with van der Waals surface area (Å²) in [6, 6.07) is 0. The smallest absolute Gasteiger partial charge is 0.0675 e. The van der Waals surface area contributed by atoms with Gasteiger partial charge in [-0.2, -0.15) is 0 Å². The molecule has 0 amide bonds. The van der Waals surface area contributed by atoms with E-state index in [-0.39, 0.29) is 0 Å². The fourth-order valence-electron chi connectivity index (χ4n) is 3.09. The van der Waals surface area contributed by atoms with Gasteiger partial charge in [-0.05, 0) is 39.5 Å². The molecule has 1 fully saturated rings. The molecular weight excluding hydrogens is 240 g/mol. The van der Waals surface area contributed by atoms with Crippen LogP contribution in [0.1, 0.15) is 52.9 Å². The maximum atomic E-state index is 6.08. The van der Waals surface area contributed by atoms with Crippen molar-refractivity contribution in [1.29, 1.82) is 0 Å². The molecular formula is C16H32O3. The minimum Gasteiger partial charge on any atom is -0.381 e. The first-order chi connectivity index (χ1) is 9.33. The molecule has 0 bridgehead atoms. The van der Waals surface area contributed by atoms with Crippen LogP contribution in [-0.4, -0.2) is 39.1 Å². The molecule has 19 heavy (non-hydrogen) atoms. The van der Waals surface area contributed by atoms with Gasteiger partial charge in [-0.1, -0.05) is 19.3 Å². The molecule has 1 unspecified atom stereocenters. The molecule has 0 aliphatic heterocycles. The second kappa shape index (κ2) is 10.6. The molecule has 1 saturated carbocycles. The van der Waals surface area contributed by atoms with Crippen molar-refractivity contribution >= 4 is 0 Å². The molecule has 1 atom stereocenters. The molecule has 3 heteroatoms. The molecule has 0 radical (unpaired) electrons. The summed E-state index contributed by atoms with van der Waals surface area (Å²) in [5.41, 5.74) is 0. The van der Waals surface area contributed by atoms with Crippen molar-refractivity contribution in [1.82, 2.24) is 0 Å². The third-order valence-corrected chi connectivity index (χ3v) is 4.01. The average Bonchev–Trinajstić information content (AvgIpc) is 2.46. The fraction of sp³-hybridized carbons (Fsp3) is 1.00. The molecule has 0 heterocycles. The Morgan fingerprint density at radius 1 is 0.842 bits per heavy atom. The Kier molecular flexibility index (Phi) is 9.48. The quantitative estimate of drug-likeness (QED) is 0.607. The number of hydrogen-bond donors (Lipinski definition) is 0. The van der Waals surface area contributed by atoms with Crippen LogP contribution in [0.5, 0.6) is 0 Å². The Bertz CT molecular complexity index is 194. The van der Waals surface area contributed by atoms with Crippen LogP contribution in [0.4, 0.5) is 0 Å². The highest BCUT2D eigenvalue weighted by Crippen LogP contribution is 2.32. The van der Waals surface area contributed by atoms with Crippen LogP contribution < -0.4 is 0 Å². The highest BCUT2D eigenvalue weighted by Gasteiger charge is 2.31. The maximum Gasteiger partial charge on any atom is 0.0675 e. The van der Waals surface area contributed by atoms with Gasteiger partial charge in [-0.15, -0.1) is 0 Å². The van der Waals surface area contributed by atoms with Crippen molar-refractivity contribution in [2.75, 3.05) is 33.0 Å². The van der Waals surface area contributed by atoms with E-state index in [9.17, 15) is 0 Å². The van der Waals surface area contributed by atoms with E-state index in [1.54, 1.807) is 0 Å². The van der Waals surface area contributed by atoms with Gasteiger partial charge in [0.25, 0.3) is 0 Å². The van der Waals surface area contributed by atoms with Crippen LogP contribution in [0.3, 0.4) is 0 Å². The molecule has 0 saturated heterocycles. The van der Waals surface area contributed by atoms with E-state index in [1.807, 2.05) is 13.8 Å². The minimum atomic E-state index is 0.309. The second-order valence-corrected chi connectivity index (χ2v) is 5.40. The van der Waals surface area contributed by atoms with Crippen LogP contribution in [0.15, 0.2) is 0 Å². The lowest BCUT2D eigenvalue weighted by atomic mass is 9.80. The minimum absolute atomic E-state index is 0.309. The molecule has 1 rings (SSSR count). The highest BCUT2D eigenvalue weighted by molar-refractivity contribution is 4.80. The van der Waals surface area contributed by atoms with Gasteiger partial charge in [0.15, 0.2) is 0 Å². The fourth-order valence-corrected chi connectivity index (χ4v) is 3.09. The van der Waals surface area contributed by atoms with Gasteiger partial charge >= 0.3 is 0 Å². The first-order valence-electron chi connectivity index (χ1n) is 8.10. The topological polar surface area (TPSA) is 27.7 Å². The van der Waals surface area contributed by atoms with Crippen molar-refractivity contribution in [3.8, 4) is 0 Å². The molecule has 1 aliphatic rings. The third kappa shape index (κ3) is 6.24. The van der Waals surface area contributed by atoms with E-state index in [0.29, 0.717) is 17.9 Å². The van der Waals surface area contributed by atoms with E-state index >= 15 is 0 Å². The van der Waals surface area contributed by atoms with Crippen molar-refractivity contribution in [2.45, 2.75) is 59.0 Å². The van der Waals surface area contributed by atoms with Crippen LogP contribution in [0, 0.1) is 11.8 Å². The summed E-state index contributed by atoms with van der Waals surface area (Å²) >= 11 is 0. The lowest BCUT2D eigenvalue weighted by molar-refractivity contribution is -0.0799. The Labute approximate surface area is 119 Å². The molecule has 1 aliphatic carbocycles. The van der Waals surface area contributed by atoms with Crippen LogP contribution in [0.25, 0.3) is 0 Å². The highest BCUT2D eigenvalue weighted by atomic mass is 16.5. The number of ether oxygens (including phenoxy) is 3. The molecule has 0 aromatic rings. The first-order valence-corrected chi connectivity index (χ1v) is 8.10. The van der Waals surface area contributed by atoms with Gasteiger partial charge in [0.1, 0.15) is 0 Å². The summed E-state index contributed by atoms with van der Waals surface area (Å²) in [6.07, 6.45) is 7.01. The van der Waals surface area contributed by atoms with Crippen molar-refractivity contribution in [3.63, 3.8) is 0 Å². The summed E-state index contributed by atoms with van der Waals surface area (Å²) in [6.45, 7) is 10.0. The van der Waals surface area contributed by atoms with Crippen molar-refractivity contribution in [3.05, 3.63) is 0 Å². The lowest BCUT2D eigenvalue weighted by Gasteiger charge is -2.35. The number of hydrogen-bond acceptors (Lipinski definition) is 3. The monoisotopic (exact) mass is 272 g/mol. The van der Waals surface area contributed by atoms with Crippen LogP contribution in [0.2, 0.25) is 0 Å². The lowest BCUT2D eigenvalue weighted by Crippen LogP contribution is -2.38. The summed E-state index contributed by atoms with van der Waals surface area (Å²) in [5.74, 6) is 1.07. The number of rotatable bonds is 10. The molecule has 0 aromatic carbocycles. The summed E-state index contributed by atoms with van der Waals surface area (Å²) in [5, 5.41) is 0. The molecule has 0 spiro atoms. The van der Waals surface area contributed by atoms with Crippen LogP contribution in [-0.2, 0) is 14.2 Å². The van der Waals surface area contributed by atoms with E-state index < -0.39 is 0 Å². The van der Waals surface area contributed by atoms with E-state index in [2.05, 4.69) is 6.92 Å².